The maximum Gasteiger partial charge on any atom is 0.416 e. The van der Waals surface area contributed by atoms with E-state index < -0.39 is 35.4 Å². The summed E-state index contributed by atoms with van der Waals surface area (Å²) in [7, 11) is 0. The molecule has 10 heteroatoms. The molecule has 0 spiro atoms. The molecule has 1 aliphatic heterocycles. The van der Waals surface area contributed by atoms with Crippen LogP contribution in [0.2, 0.25) is 0 Å². The van der Waals surface area contributed by atoms with Gasteiger partial charge >= 0.3 is 12.4 Å². The van der Waals surface area contributed by atoms with E-state index >= 15 is 0 Å². The van der Waals surface area contributed by atoms with Gasteiger partial charge in [-0.15, -0.1) is 0 Å². The molecule has 2 aromatic rings. The van der Waals surface area contributed by atoms with E-state index in [0.717, 1.165) is 6.07 Å². The largest absolute Gasteiger partial charge is 0.484 e. The molecule has 1 fully saturated rings. The van der Waals surface area contributed by atoms with E-state index in [1.54, 1.807) is 0 Å². The third-order valence-electron chi connectivity index (χ3n) is 4.66. The highest BCUT2D eigenvalue weighted by atomic mass is 19.4. The third-order valence-corrected chi connectivity index (χ3v) is 4.66. The van der Waals surface area contributed by atoms with Crippen molar-refractivity contribution >= 4 is 5.69 Å². The van der Waals surface area contributed by atoms with Crippen LogP contribution in [-0.4, -0.2) is 26.3 Å². The van der Waals surface area contributed by atoms with Crippen molar-refractivity contribution in [3.05, 3.63) is 58.9 Å². The molecule has 1 saturated heterocycles. The fraction of sp³-hybridized carbons (Fsp3) is 0.400. The molecule has 1 aliphatic rings. The fourth-order valence-electron chi connectivity index (χ4n) is 3.12. The Balaban J connectivity index is 1.96. The van der Waals surface area contributed by atoms with Crippen molar-refractivity contribution in [1.29, 1.82) is 0 Å². The monoisotopic (exact) mass is 437 g/mol. The zero-order chi connectivity index (χ0) is 22.1. The van der Waals surface area contributed by atoms with Gasteiger partial charge in [0.15, 0.2) is 0 Å². The summed E-state index contributed by atoms with van der Waals surface area (Å²) in [4.78, 5) is 1.85. The van der Waals surface area contributed by atoms with Crippen molar-refractivity contribution in [3.8, 4) is 5.75 Å². The van der Waals surface area contributed by atoms with Crippen LogP contribution in [0.25, 0.3) is 0 Å². The smallest absolute Gasteiger partial charge is 0.416 e. The Morgan fingerprint density at radius 1 is 0.900 bits per heavy atom. The van der Waals surface area contributed by atoms with Crippen LogP contribution in [0.1, 0.15) is 29.7 Å². The molecule has 2 aromatic carbocycles. The molecule has 0 saturated carbocycles. The third kappa shape index (κ3) is 5.16. The van der Waals surface area contributed by atoms with Gasteiger partial charge in [0.1, 0.15) is 17.7 Å². The summed E-state index contributed by atoms with van der Waals surface area (Å²) in [5.74, 6) is -0.621. The van der Waals surface area contributed by atoms with Gasteiger partial charge in [-0.1, -0.05) is 0 Å². The van der Waals surface area contributed by atoms with Gasteiger partial charge in [-0.2, -0.15) is 26.3 Å². The van der Waals surface area contributed by atoms with Crippen LogP contribution in [0, 0.1) is 5.82 Å². The summed E-state index contributed by atoms with van der Waals surface area (Å²) >= 11 is 0. The lowest BCUT2D eigenvalue weighted by Crippen LogP contribution is -2.36. The van der Waals surface area contributed by atoms with E-state index in [2.05, 4.69) is 0 Å². The zero-order valence-electron chi connectivity index (χ0n) is 15.8. The number of nitrogens with zero attached hydrogens (tertiary/aromatic N) is 1. The Morgan fingerprint density at radius 3 is 2.00 bits per heavy atom. The minimum atomic E-state index is -4.96. The number of benzene rings is 2. The summed E-state index contributed by atoms with van der Waals surface area (Å²) in [6.07, 6.45) is -11.1. The molecule has 1 heterocycles. The molecule has 3 nitrogen and oxygen atoms in total. The molecule has 30 heavy (non-hydrogen) atoms. The number of ether oxygens (including phenoxy) is 2. The maximum absolute atomic E-state index is 13.8. The van der Waals surface area contributed by atoms with E-state index in [0.29, 0.717) is 44.1 Å². The predicted molar refractivity (Wildman–Crippen MR) is 94.9 cm³/mol. The van der Waals surface area contributed by atoms with E-state index in [1.807, 2.05) is 4.90 Å². The number of alkyl halides is 6. The average Bonchev–Trinajstić information content (AvgIpc) is 2.67. The van der Waals surface area contributed by atoms with Gasteiger partial charge in [-0.3, -0.25) is 0 Å². The van der Waals surface area contributed by atoms with Crippen molar-refractivity contribution in [2.45, 2.75) is 25.4 Å². The van der Waals surface area contributed by atoms with Crippen molar-refractivity contribution < 1.29 is 40.2 Å². The van der Waals surface area contributed by atoms with Crippen LogP contribution in [-0.2, 0) is 17.1 Å². The van der Waals surface area contributed by atoms with Crippen LogP contribution in [0.5, 0.6) is 5.75 Å². The zero-order valence-corrected chi connectivity index (χ0v) is 15.8. The molecular weight excluding hydrogens is 419 g/mol. The van der Waals surface area contributed by atoms with Gasteiger partial charge in [-0.05, 0) is 42.8 Å². The first-order chi connectivity index (χ1) is 13.9. The van der Waals surface area contributed by atoms with Crippen molar-refractivity contribution in [2.24, 2.45) is 0 Å². The highest BCUT2D eigenvalue weighted by molar-refractivity contribution is 5.59. The highest BCUT2D eigenvalue weighted by Crippen LogP contribution is 2.39. The van der Waals surface area contributed by atoms with Gasteiger partial charge in [0, 0.05) is 19.2 Å². The van der Waals surface area contributed by atoms with E-state index in [-0.39, 0.29) is 17.4 Å². The first-order valence-electron chi connectivity index (χ1n) is 9.03. The summed E-state index contributed by atoms with van der Waals surface area (Å²) in [6, 6.07) is 4.97. The van der Waals surface area contributed by atoms with Gasteiger partial charge < -0.3 is 14.4 Å². The molecule has 0 amide bonds. The second-order valence-electron chi connectivity index (χ2n) is 6.81. The molecule has 1 atom stereocenters. The van der Waals surface area contributed by atoms with Crippen molar-refractivity contribution in [3.63, 3.8) is 0 Å². The molecule has 164 valence electrons. The second-order valence-corrected chi connectivity index (χ2v) is 6.81. The molecule has 0 aromatic heterocycles. The molecule has 0 N–H and O–H groups in total. The SMILES string of the molecule is CC(Oc1cc(F)ccc1N1CCOCC1)c1cc(C(F)(F)F)cc(C(F)(F)F)c1. The number of anilines is 1. The molecule has 0 radical (unpaired) electrons. The Morgan fingerprint density at radius 2 is 1.47 bits per heavy atom. The first-order valence-corrected chi connectivity index (χ1v) is 9.03. The maximum atomic E-state index is 13.8. The normalized spacial score (nSPS) is 16.5. The number of hydrogen-bond donors (Lipinski definition) is 0. The summed E-state index contributed by atoms with van der Waals surface area (Å²) in [5.41, 5.74) is -2.71. The topological polar surface area (TPSA) is 21.7 Å². The highest BCUT2D eigenvalue weighted by Gasteiger charge is 2.37. The number of hydrogen-bond acceptors (Lipinski definition) is 3. The Hall–Kier alpha value is -2.49. The fourth-order valence-corrected chi connectivity index (χ4v) is 3.12. The van der Waals surface area contributed by atoms with Gasteiger partial charge in [0.25, 0.3) is 0 Å². The van der Waals surface area contributed by atoms with E-state index in [1.165, 1.54) is 19.1 Å². The molecule has 3 rings (SSSR count). The first kappa shape index (κ1) is 22.2. The summed E-state index contributed by atoms with van der Waals surface area (Å²) < 4.78 is 103. The summed E-state index contributed by atoms with van der Waals surface area (Å²) in [5, 5.41) is 0. The Labute approximate surface area is 168 Å². The van der Waals surface area contributed by atoms with Crippen LogP contribution in [0.4, 0.5) is 36.4 Å². The standard InChI is InChI=1S/C20H18F7NO2/c1-12(13-8-14(19(22,23)24)10-15(9-13)20(25,26)27)30-18-11-16(21)2-3-17(18)28-4-6-29-7-5-28/h2-3,8-12H,4-7H2,1H3. The van der Waals surface area contributed by atoms with Gasteiger partial charge in [0.2, 0.25) is 0 Å². The number of rotatable bonds is 4. The Bertz CT molecular complexity index is 857. The molecule has 0 bridgehead atoms. The van der Waals surface area contributed by atoms with E-state index in [9.17, 15) is 30.7 Å². The van der Waals surface area contributed by atoms with Crippen LogP contribution < -0.4 is 9.64 Å². The average molecular weight is 437 g/mol. The van der Waals surface area contributed by atoms with Crippen molar-refractivity contribution in [1.82, 2.24) is 0 Å². The minimum Gasteiger partial charge on any atom is -0.484 e. The van der Waals surface area contributed by atoms with Gasteiger partial charge in [-0.25, -0.2) is 4.39 Å². The number of morpholine rings is 1. The minimum absolute atomic E-state index is 0.0235. The van der Waals surface area contributed by atoms with E-state index in [4.69, 9.17) is 9.47 Å². The predicted octanol–water partition coefficient (Wildman–Crippen LogP) is 5.84. The lowest BCUT2D eigenvalue weighted by molar-refractivity contribution is -0.143. The second kappa shape index (κ2) is 8.33. The van der Waals surface area contributed by atoms with Crippen LogP contribution in [0.15, 0.2) is 36.4 Å². The lowest BCUT2D eigenvalue weighted by Gasteiger charge is -2.31. The molecular formula is C20H18F7NO2. The van der Waals surface area contributed by atoms with Gasteiger partial charge in [0.05, 0.1) is 30.0 Å². The molecule has 1 unspecified atom stereocenters. The summed E-state index contributed by atoms with van der Waals surface area (Å²) in [6.45, 7) is 3.13. The van der Waals surface area contributed by atoms with Crippen LogP contribution in [0.3, 0.4) is 0 Å². The van der Waals surface area contributed by atoms with Crippen molar-refractivity contribution in [2.75, 3.05) is 31.2 Å². The quantitative estimate of drug-likeness (QED) is 0.561. The van der Waals surface area contributed by atoms with Crippen LogP contribution >= 0.6 is 0 Å². The lowest BCUT2D eigenvalue weighted by atomic mass is 10.0. The number of halogens is 7. The molecule has 0 aliphatic carbocycles. The Kier molecular flexibility index (Phi) is 6.16.